The van der Waals surface area contributed by atoms with Gasteiger partial charge in [-0.15, -0.1) is 0 Å². The molecule has 0 spiro atoms. The number of nitrogens with zero attached hydrogens (tertiary/aromatic N) is 2. The maximum Gasteiger partial charge on any atom is 0.267 e. The Bertz CT molecular complexity index is 994. The van der Waals surface area contributed by atoms with Gasteiger partial charge in [-0.2, -0.15) is 0 Å². The first kappa shape index (κ1) is 18.4. The van der Waals surface area contributed by atoms with Crippen LogP contribution in [0.25, 0.3) is 0 Å². The molecule has 2 atom stereocenters. The van der Waals surface area contributed by atoms with E-state index in [1.165, 1.54) is 17.0 Å². The molecule has 0 aromatic heterocycles. The molecule has 2 N–H and O–H groups in total. The van der Waals surface area contributed by atoms with Crippen molar-refractivity contribution < 1.29 is 18.8 Å². The number of oxime groups is 1. The van der Waals surface area contributed by atoms with E-state index in [4.69, 9.17) is 22.2 Å². The van der Waals surface area contributed by atoms with E-state index in [0.29, 0.717) is 18.7 Å². The lowest BCUT2D eigenvalue weighted by molar-refractivity contribution is -0.148. The van der Waals surface area contributed by atoms with Crippen LogP contribution in [0.15, 0.2) is 47.6 Å². The second kappa shape index (κ2) is 7.24. The summed E-state index contributed by atoms with van der Waals surface area (Å²) in [7, 11) is 0. The van der Waals surface area contributed by atoms with Crippen LogP contribution in [0, 0.1) is 5.82 Å². The van der Waals surface area contributed by atoms with E-state index in [2.05, 4.69) is 5.16 Å². The van der Waals surface area contributed by atoms with Crippen LogP contribution in [-0.2, 0) is 20.8 Å². The predicted octanol–water partition coefficient (Wildman–Crippen LogP) is 2.58. The first-order valence-corrected chi connectivity index (χ1v) is 9.20. The molecule has 6 nitrogen and oxygen atoms in total. The summed E-state index contributed by atoms with van der Waals surface area (Å²) in [5.41, 5.74) is 7.79. The average Bonchev–Trinajstić information content (AvgIpc) is 3.18. The third-order valence-corrected chi connectivity index (χ3v) is 5.33. The molecule has 2 aliphatic heterocycles. The number of hydrogen-bond acceptors (Lipinski definition) is 4. The molecule has 2 heterocycles. The molecule has 2 aromatic rings. The van der Waals surface area contributed by atoms with Gasteiger partial charge < -0.3 is 15.5 Å². The van der Waals surface area contributed by atoms with E-state index in [1.54, 1.807) is 18.2 Å². The standard InChI is InChI=1S/C20H17ClFN3O3/c21-14-7-3-6-13(17(14)22)15-10-16(28-24-15)20(27)25-9-8-11-4-1-2-5-12(11)18(25)19(23)26/h1-7,16,18H,8-10H2,(H2,23,26)/t16-,18?/m1/s1. The molecular weight excluding hydrogens is 385 g/mol. The highest BCUT2D eigenvalue weighted by atomic mass is 35.5. The highest BCUT2D eigenvalue weighted by molar-refractivity contribution is 6.31. The Labute approximate surface area is 165 Å². The van der Waals surface area contributed by atoms with Crippen LogP contribution >= 0.6 is 11.6 Å². The first-order chi connectivity index (χ1) is 13.5. The summed E-state index contributed by atoms with van der Waals surface area (Å²) in [6, 6.07) is 11.1. The molecular formula is C20H17ClFN3O3. The molecule has 2 aliphatic rings. The average molecular weight is 402 g/mol. The molecule has 0 saturated heterocycles. The van der Waals surface area contributed by atoms with Crippen LogP contribution in [0.5, 0.6) is 0 Å². The molecule has 0 radical (unpaired) electrons. The van der Waals surface area contributed by atoms with E-state index in [-0.39, 0.29) is 17.0 Å². The molecule has 0 saturated carbocycles. The van der Waals surface area contributed by atoms with Crippen molar-refractivity contribution in [1.29, 1.82) is 0 Å². The van der Waals surface area contributed by atoms with Crippen molar-refractivity contribution in [1.82, 2.24) is 4.90 Å². The minimum Gasteiger partial charge on any atom is -0.382 e. The molecule has 1 unspecified atom stereocenters. The Morgan fingerprint density at radius 1 is 1.21 bits per heavy atom. The minimum absolute atomic E-state index is 0.0311. The fraction of sp³-hybridized carbons (Fsp3) is 0.250. The molecule has 4 rings (SSSR count). The van der Waals surface area contributed by atoms with Crippen molar-refractivity contribution in [2.75, 3.05) is 6.54 Å². The van der Waals surface area contributed by atoms with Gasteiger partial charge in [0, 0.05) is 18.5 Å². The second-order valence-corrected chi connectivity index (χ2v) is 7.13. The number of nitrogens with two attached hydrogens (primary N) is 1. The lowest BCUT2D eigenvalue weighted by Crippen LogP contribution is -2.49. The molecule has 144 valence electrons. The predicted molar refractivity (Wildman–Crippen MR) is 101 cm³/mol. The zero-order valence-corrected chi connectivity index (χ0v) is 15.5. The maximum absolute atomic E-state index is 14.2. The number of carbonyl (C=O) groups excluding carboxylic acids is 2. The molecule has 0 bridgehead atoms. The van der Waals surface area contributed by atoms with Crippen molar-refractivity contribution in [3.8, 4) is 0 Å². The number of primary amides is 1. The van der Waals surface area contributed by atoms with Gasteiger partial charge >= 0.3 is 0 Å². The van der Waals surface area contributed by atoms with Crippen molar-refractivity contribution in [3.05, 3.63) is 70.0 Å². The van der Waals surface area contributed by atoms with Crippen molar-refractivity contribution in [2.45, 2.75) is 25.0 Å². The van der Waals surface area contributed by atoms with E-state index in [0.717, 1.165) is 11.1 Å². The number of halogens is 2. The number of benzene rings is 2. The lowest BCUT2D eigenvalue weighted by Gasteiger charge is -2.36. The monoisotopic (exact) mass is 401 g/mol. The highest BCUT2D eigenvalue weighted by Crippen LogP contribution is 2.32. The zero-order chi connectivity index (χ0) is 19.8. The Kier molecular flexibility index (Phi) is 4.77. The summed E-state index contributed by atoms with van der Waals surface area (Å²) in [5.74, 6) is -1.62. The van der Waals surface area contributed by atoms with Gasteiger partial charge in [-0.25, -0.2) is 4.39 Å². The summed E-state index contributed by atoms with van der Waals surface area (Å²) in [4.78, 5) is 31.9. The Balaban J connectivity index is 1.56. The van der Waals surface area contributed by atoms with Crippen LogP contribution < -0.4 is 5.73 Å². The van der Waals surface area contributed by atoms with Gasteiger partial charge in [0.1, 0.15) is 6.04 Å². The Morgan fingerprint density at radius 3 is 2.79 bits per heavy atom. The first-order valence-electron chi connectivity index (χ1n) is 8.82. The van der Waals surface area contributed by atoms with Crippen molar-refractivity contribution in [2.24, 2.45) is 10.9 Å². The summed E-state index contributed by atoms with van der Waals surface area (Å²) >= 11 is 5.82. The third kappa shape index (κ3) is 3.11. The summed E-state index contributed by atoms with van der Waals surface area (Å²) in [6.07, 6.45) is -0.255. The number of hydrogen-bond donors (Lipinski definition) is 1. The van der Waals surface area contributed by atoms with Crippen LogP contribution in [0.1, 0.15) is 29.2 Å². The van der Waals surface area contributed by atoms with Gasteiger partial charge in [-0.1, -0.05) is 47.1 Å². The summed E-state index contributed by atoms with van der Waals surface area (Å²) in [5, 5.41) is 3.84. The number of fused-ring (bicyclic) bond motifs is 1. The van der Waals surface area contributed by atoms with E-state index in [1.807, 2.05) is 12.1 Å². The number of rotatable bonds is 3. The van der Waals surface area contributed by atoms with Gasteiger partial charge in [-0.05, 0) is 29.7 Å². The summed E-state index contributed by atoms with van der Waals surface area (Å²) in [6.45, 7) is 0.337. The fourth-order valence-electron chi connectivity index (χ4n) is 3.69. The number of carbonyl (C=O) groups is 2. The van der Waals surface area contributed by atoms with E-state index < -0.39 is 29.8 Å². The fourth-order valence-corrected chi connectivity index (χ4v) is 3.87. The Hall–Kier alpha value is -2.93. The molecule has 2 amide bonds. The van der Waals surface area contributed by atoms with Crippen LogP contribution in [0.4, 0.5) is 4.39 Å². The van der Waals surface area contributed by atoms with Crippen LogP contribution in [-0.4, -0.2) is 35.1 Å². The van der Waals surface area contributed by atoms with Crippen molar-refractivity contribution >= 4 is 29.1 Å². The largest absolute Gasteiger partial charge is 0.382 e. The number of amides is 2. The second-order valence-electron chi connectivity index (χ2n) is 6.72. The third-order valence-electron chi connectivity index (χ3n) is 5.04. The van der Waals surface area contributed by atoms with Gasteiger partial charge in [0.2, 0.25) is 12.0 Å². The lowest BCUT2D eigenvalue weighted by atomic mass is 9.91. The quantitative estimate of drug-likeness (QED) is 0.857. The van der Waals surface area contributed by atoms with E-state index >= 15 is 0 Å². The van der Waals surface area contributed by atoms with Crippen LogP contribution in [0.2, 0.25) is 5.02 Å². The van der Waals surface area contributed by atoms with Crippen LogP contribution in [0.3, 0.4) is 0 Å². The van der Waals surface area contributed by atoms with E-state index in [9.17, 15) is 14.0 Å². The molecule has 0 fully saturated rings. The maximum atomic E-state index is 14.2. The van der Waals surface area contributed by atoms with Crippen molar-refractivity contribution in [3.63, 3.8) is 0 Å². The highest BCUT2D eigenvalue weighted by Gasteiger charge is 2.40. The van der Waals surface area contributed by atoms with Gasteiger partial charge in [0.25, 0.3) is 5.91 Å². The zero-order valence-electron chi connectivity index (χ0n) is 14.8. The van der Waals surface area contributed by atoms with Gasteiger partial charge in [-0.3, -0.25) is 9.59 Å². The summed E-state index contributed by atoms with van der Waals surface area (Å²) < 4.78 is 14.2. The molecule has 28 heavy (non-hydrogen) atoms. The smallest absolute Gasteiger partial charge is 0.267 e. The minimum atomic E-state index is -0.944. The van der Waals surface area contributed by atoms with Gasteiger partial charge in [0.15, 0.2) is 5.82 Å². The SMILES string of the molecule is NC(=O)C1c2ccccc2CCN1C(=O)[C@H]1CC(c2cccc(Cl)c2F)=NO1. The Morgan fingerprint density at radius 2 is 2.00 bits per heavy atom. The normalized spacial score (nSPS) is 20.9. The molecule has 0 aliphatic carbocycles. The van der Waals surface area contributed by atoms with Gasteiger partial charge in [0.05, 0.1) is 10.7 Å². The topological polar surface area (TPSA) is 85.0 Å². The molecule has 8 heteroatoms. The molecule has 2 aromatic carbocycles.